The van der Waals surface area contributed by atoms with Crippen LogP contribution in [0.2, 0.25) is 0 Å². The van der Waals surface area contributed by atoms with Gasteiger partial charge in [-0.1, -0.05) is 0 Å². The SMILES string of the molecule is CC(=O)OCC1CC1c1cncc(O)c1. The van der Waals surface area contributed by atoms with Crippen molar-refractivity contribution < 1.29 is 14.6 Å². The zero-order chi connectivity index (χ0) is 10.8. The van der Waals surface area contributed by atoms with Crippen LogP contribution in [-0.4, -0.2) is 22.7 Å². The number of hydrogen-bond donors (Lipinski definition) is 1. The second-order valence-electron chi connectivity index (χ2n) is 3.88. The molecule has 0 saturated heterocycles. The number of pyridine rings is 1. The molecule has 0 aliphatic heterocycles. The van der Waals surface area contributed by atoms with E-state index in [0.717, 1.165) is 12.0 Å². The van der Waals surface area contributed by atoms with Crippen LogP contribution in [0.3, 0.4) is 0 Å². The van der Waals surface area contributed by atoms with E-state index in [0.29, 0.717) is 18.4 Å². The van der Waals surface area contributed by atoms with Gasteiger partial charge in [0, 0.05) is 19.0 Å². The van der Waals surface area contributed by atoms with Gasteiger partial charge in [-0.05, 0) is 24.0 Å². The summed E-state index contributed by atoms with van der Waals surface area (Å²) < 4.78 is 4.93. The standard InChI is InChI=1S/C11H13NO3/c1-7(13)15-6-9-3-11(9)8-2-10(14)5-12-4-8/h2,4-5,9,11,14H,3,6H2,1H3. The van der Waals surface area contributed by atoms with Gasteiger partial charge in [0.25, 0.3) is 0 Å². The number of carbonyl (C=O) groups is 1. The highest BCUT2D eigenvalue weighted by Gasteiger charge is 2.39. The molecule has 1 aromatic heterocycles. The summed E-state index contributed by atoms with van der Waals surface area (Å²) in [6, 6.07) is 1.71. The lowest BCUT2D eigenvalue weighted by Crippen LogP contribution is -2.02. The summed E-state index contributed by atoms with van der Waals surface area (Å²) in [6.45, 7) is 1.88. The van der Waals surface area contributed by atoms with Crippen LogP contribution in [-0.2, 0) is 9.53 Å². The van der Waals surface area contributed by atoms with E-state index >= 15 is 0 Å². The number of ether oxygens (including phenoxy) is 1. The van der Waals surface area contributed by atoms with Gasteiger partial charge in [-0.15, -0.1) is 0 Å². The number of aromatic nitrogens is 1. The molecule has 4 nitrogen and oxygen atoms in total. The lowest BCUT2D eigenvalue weighted by atomic mass is 10.1. The molecule has 0 aromatic carbocycles. The first-order valence-electron chi connectivity index (χ1n) is 4.94. The van der Waals surface area contributed by atoms with Gasteiger partial charge in [0.2, 0.25) is 0 Å². The normalized spacial score (nSPS) is 23.5. The van der Waals surface area contributed by atoms with E-state index in [9.17, 15) is 9.90 Å². The van der Waals surface area contributed by atoms with Gasteiger partial charge in [-0.3, -0.25) is 9.78 Å². The van der Waals surface area contributed by atoms with Crippen LogP contribution in [0, 0.1) is 5.92 Å². The average molecular weight is 207 g/mol. The molecule has 2 unspecified atom stereocenters. The minimum atomic E-state index is -0.241. The molecule has 2 rings (SSSR count). The van der Waals surface area contributed by atoms with Crippen LogP contribution < -0.4 is 0 Å². The van der Waals surface area contributed by atoms with Gasteiger partial charge in [-0.25, -0.2) is 0 Å². The Morgan fingerprint density at radius 3 is 3.13 bits per heavy atom. The summed E-state index contributed by atoms with van der Waals surface area (Å²) in [4.78, 5) is 14.5. The first-order valence-corrected chi connectivity index (χ1v) is 4.94. The predicted molar refractivity (Wildman–Crippen MR) is 53.4 cm³/mol. The Hall–Kier alpha value is -1.58. The Morgan fingerprint density at radius 1 is 1.67 bits per heavy atom. The number of carbonyl (C=O) groups excluding carboxylic acids is 1. The smallest absolute Gasteiger partial charge is 0.302 e. The molecule has 1 aromatic rings. The molecule has 2 atom stereocenters. The maximum atomic E-state index is 10.6. The summed E-state index contributed by atoms with van der Waals surface area (Å²) in [5.41, 5.74) is 1.02. The molecule has 0 spiro atoms. The molecule has 1 aliphatic carbocycles. The largest absolute Gasteiger partial charge is 0.506 e. The highest BCUT2D eigenvalue weighted by Crippen LogP contribution is 2.47. The summed E-state index contributed by atoms with van der Waals surface area (Å²) in [6.07, 6.45) is 4.16. The number of hydrogen-bond acceptors (Lipinski definition) is 4. The van der Waals surface area contributed by atoms with E-state index < -0.39 is 0 Å². The molecule has 15 heavy (non-hydrogen) atoms. The number of rotatable bonds is 3. The Balaban J connectivity index is 1.90. The highest BCUT2D eigenvalue weighted by molar-refractivity contribution is 5.65. The van der Waals surface area contributed by atoms with E-state index in [4.69, 9.17) is 4.74 Å². The quantitative estimate of drug-likeness (QED) is 0.762. The maximum Gasteiger partial charge on any atom is 0.302 e. The predicted octanol–water partition coefficient (Wildman–Crippen LogP) is 1.45. The number of aromatic hydroxyl groups is 1. The molecule has 4 heteroatoms. The third-order valence-corrected chi connectivity index (χ3v) is 2.60. The van der Waals surface area contributed by atoms with Crippen molar-refractivity contribution in [2.75, 3.05) is 6.61 Å². The van der Waals surface area contributed by atoms with Gasteiger partial charge < -0.3 is 9.84 Å². The monoisotopic (exact) mass is 207 g/mol. The fourth-order valence-electron chi connectivity index (χ4n) is 1.71. The molecule has 1 heterocycles. The molecule has 80 valence electrons. The maximum absolute atomic E-state index is 10.6. The van der Waals surface area contributed by atoms with Crippen LogP contribution in [0.25, 0.3) is 0 Å². The highest BCUT2D eigenvalue weighted by atomic mass is 16.5. The second kappa shape index (κ2) is 3.88. The fraction of sp³-hybridized carbons (Fsp3) is 0.455. The lowest BCUT2D eigenvalue weighted by Gasteiger charge is -2.01. The number of esters is 1. The Kier molecular flexibility index (Phi) is 2.58. The van der Waals surface area contributed by atoms with E-state index in [1.165, 1.54) is 13.1 Å². The molecule has 0 radical (unpaired) electrons. The van der Waals surface area contributed by atoms with Gasteiger partial charge in [0.05, 0.1) is 12.8 Å². The van der Waals surface area contributed by atoms with Gasteiger partial charge in [0.15, 0.2) is 0 Å². The summed E-state index contributed by atoms with van der Waals surface area (Å²) >= 11 is 0. The van der Waals surface area contributed by atoms with Crippen LogP contribution in [0.5, 0.6) is 5.75 Å². The summed E-state index contributed by atoms with van der Waals surface area (Å²) in [5.74, 6) is 0.710. The average Bonchev–Trinajstić information content (AvgIpc) is 2.94. The van der Waals surface area contributed by atoms with Gasteiger partial charge >= 0.3 is 5.97 Å². The van der Waals surface area contributed by atoms with Gasteiger partial charge in [0.1, 0.15) is 5.75 Å². The third-order valence-electron chi connectivity index (χ3n) is 2.60. The van der Waals surface area contributed by atoms with E-state index in [2.05, 4.69) is 4.98 Å². The molecule has 1 saturated carbocycles. The zero-order valence-electron chi connectivity index (χ0n) is 8.51. The van der Waals surface area contributed by atoms with Gasteiger partial charge in [-0.2, -0.15) is 0 Å². The molecule has 1 fully saturated rings. The van der Waals surface area contributed by atoms with Crippen LogP contribution in [0.1, 0.15) is 24.8 Å². The fourth-order valence-corrected chi connectivity index (χ4v) is 1.71. The lowest BCUT2D eigenvalue weighted by molar-refractivity contribution is -0.141. The third kappa shape index (κ3) is 2.46. The minimum absolute atomic E-state index is 0.186. The zero-order valence-corrected chi connectivity index (χ0v) is 8.51. The second-order valence-corrected chi connectivity index (χ2v) is 3.88. The van der Waals surface area contributed by atoms with Crippen molar-refractivity contribution in [2.45, 2.75) is 19.3 Å². The Labute approximate surface area is 87.9 Å². The molecule has 1 aliphatic rings. The molecule has 1 N–H and O–H groups in total. The van der Waals surface area contributed by atoms with E-state index in [1.807, 2.05) is 0 Å². The first-order chi connectivity index (χ1) is 7.16. The van der Waals surface area contributed by atoms with Crippen molar-refractivity contribution in [1.82, 2.24) is 4.98 Å². The molecule has 0 bridgehead atoms. The first kappa shape index (κ1) is 9.96. The minimum Gasteiger partial charge on any atom is -0.506 e. The van der Waals surface area contributed by atoms with Crippen molar-refractivity contribution in [2.24, 2.45) is 5.92 Å². The Bertz CT molecular complexity index is 378. The molecular formula is C11H13NO3. The topological polar surface area (TPSA) is 59.4 Å². The molecular weight excluding hydrogens is 194 g/mol. The van der Waals surface area contributed by atoms with Crippen LogP contribution >= 0.6 is 0 Å². The van der Waals surface area contributed by atoms with Crippen molar-refractivity contribution >= 4 is 5.97 Å². The molecule has 0 amide bonds. The van der Waals surface area contributed by atoms with Crippen molar-refractivity contribution in [3.8, 4) is 5.75 Å². The van der Waals surface area contributed by atoms with Crippen molar-refractivity contribution in [3.63, 3.8) is 0 Å². The van der Waals surface area contributed by atoms with Crippen LogP contribution in [0.4, 0.5) is 0 Å². The van der Waals surface area contributed by atoms with Crippen molar-refractivity contribution in [1.29, 1.82) is 0 Å². The van der Waals surface area contributed by atoms with E-state index in [-0.39, 0.29) is 11.7 Å². The Morgan fingerprint density at radius 2 is 2.47 bits per heavy atom. The van der Waals surface area contributed by atoms with E-state index in [1.54, 1.807) is 12.3 Å². The summed E-state index contributed by atoms with van der Waals surface area (Å²) in [5, 5.41) is 9.25. The number of nitrogens with zero attached hydrogens (tertiary/aromatic N) is 1. The van der Waals surface area contributed by atoms with Crippen molar-refractivity contribution in [3.05, 3.63) is 24.0 Å². The van der Waals surface area contributed by atoms with Crippen LogP contribution in [0.15, 0.2) is 18.5 Å². The summed E-state index contributed by atoms with van der Waals surface area (Å²) in [7, 11) is 0.